The Bertz CT molecular complexity index is 344. The van der Waals surface area contributed by atoms with E-state index in [-0.39, 0.29) is 12.2 Å². The Labute approximate surface area is 96.6 Å². The topological polar surface area (TPSA) is 32.7 Å². The van der Waals surface area contributed by atoms with E-state index in [9.17, 15) is 5.11 Å². The molecule has 0 amide bonds. The zero-order valence-corrected chi connectivity index (χ0v) is 9.89. The molecule has 0 aliphatic carbocycles. The van der Waals surface area contributed by atoms with Gasteiger partial charge in [-0.05, 0) is 19.9 Å². The number of phenolic OH excluding ortho intramolecular Hbond substituents is 1. The molecule has 1 saturated heterocycles. The highest BCUT2D eigenvalue weighted by atomic mass is 16.5. The van der Waals surface area contributed by atoms with Crippen molar-refractivity contribution in [2.24, 2.45) is 0 Å². The standard InChI is InChI=1S/C13H19NO2/c1-10-7-14(8-11(2)16-10)9-12-5-3-4-6-13(12)15/h3-6,10-11,15H,7-9H2,1-2H3. The van der Waals surface area contributed by atoms with Gasteiger partial charge >= 0.3 is 0 Å². The summed E-state index contributed by atoms with van der Waals surface area (Å²) in [6.45, 7) is 6.84. The van der Waals surface area contributed by atoms with Crippen LogP contribution in [0.3, 0.4) is 0 Å². The van der Waals surface area contributed by atoms with Gasteiger partial charge in [0, 0.05) is 25.2 Å². The molecule has 3 nitrogen and oxygen atoms in total. The summed E-state index contributed by atoms with van der Waals surface area (Å²) in [7, 11) is 0. The van der Waals surface area contributed by atoms with Crippen LogP contribution in [-0.2, 0) is 11.3 Å². The smallest absolute Gasteiger partial charge is 0.120 e. The summed E-state index contributed by atoms with van der Waals surface area (Å²) in [6.07, 6.45) is 0.546. The fourth-order valence-electron chi connectivity index (χ4n) is 2.30. The average molecular weight is 221 g/mol. The SMILES string of the molecule is CC1CN(Cc2ccccc2O)CC(C)O1. The van der Waals surface area contributed by atoms with Gasteiger partial charge in [-0.3, -0.25) is 4.90 Å². The largest absolute Gasteiger partial charge is 0.508 e. The molecular weight excluding hydrogens is 202 g/mol. The summed E-state index contributed by atoms with van der Waals surface area (Å²) in [5.74, 6) is 0.384. The molecule has 16 heavy (non-hydrogen) atoms. The van der Waals surface area contributed by atoms with Crippen LogP contribution in [0.2, 0.25) is 0 Å². The van der Waals surface area contributed by atoms with Crippen molar-refractivity contribution >= 4 is 0 Å². The summed E-state index contributed by atoms with van der Waals surface area (Å²) >= 11 is 0. The molecular formula is C13H19NO2. The number of benzene rings is 1. The molecule has 2 rings (SSSR count). The lowest BCUT2D eigenvalue weighted by atomic mass is 10.1. The number of nitrogens with zero attached hydrogens (tertiary/aromatic N) is 1. The lowest BCUT2D eigenvalue weighted by molar-refractivity contribution is -0.0706. The quantitative estimate of drug-likeness (QED) is 0.829. The van der Waals surface area contributed by atoms with Crippen LogP contribution >= 0.6 is 0 Å². The van der Waals surface area contributed by atoms with E-state index in [2.05, 4.69) is 18.7 Å². The Kier molecular flexibility index (Phi) is 3.46. The van der Waals surface area contributed by atoms with E-state index in [0.29, 0.717) is 5.75 Å². The minimum absolute atomic E-state index is 0.273. The Morgan fingerprint density at radius 3 is 2.50 bits per heavy atom. The molecule has 1 heterocycles. The number of rotatable bonds is 2. The summed E-state index contributed by atoms with van der Waals surface area (Å²) in [5.41, 5.74) is 0.990. The van der Waals surface area contributed by atoms with E-state index in [1.165, 1.54) is 0 Å². The van der Waals surface area contributed by atoms with Gasteiger partial charge in [-0.15, -0.1) is 0 Å². The number of hydrogen-bond donors (Lipinski definition) is 1. The van der Waals surface area contributed by atoms with Crippen LogP contribution in [-0.4, -0.2) is 35.3 Å². The molecule has 1 aliphatic heterocycles. The van der Waals surface area contributed by atoms with E-state index in [1.807, 2.05) is 18.2 Å². The molecule has 2 atom stereocenters. The van der Waals surface area contributed by atoms with Gasteiger partial charge in [0.2, 0.25) is 0 Å². The highest BCUT2D eigenvalue weighted by Crippen LogP contribution is 2.20. The zero-order chi connectivity index (χ0) is 11.5. The van der Waals surface area contributed by atoms with Crippen molar-refractivity contribution in [2.45, 2.75) is 32.6 Å². The van der Waals surface area contributed by atoms with Crippen LogP contribution in [0.5, 0.6) is 5.75 Å². The predicted molar refractivity (Wildman–Crippen MR) is 63.4 cm³/mol. The van der Waals surface area contributed by atoms with Crippen LogP contribution in [0.25, 0.3) is 0 Å². The number of para-hydroxylation sites is 1. The highest BCUT2D eigenvalue weighted by Gasteiger charge is 2.22. The average Bonchev–Trinajstić information content (AvgIpc) is 2.20. The zero-order valence-electron chi connectivity index (χ0n) is 9.89. The molecule has 0 spiro atoms. The van der Waals surface area contributed by atoms with Crippen molar-refractivity contribution in [1.82, 2.24) is 4.90 Å². The molecule has 0 bridgehead atoms. The number of phenols is 1. The molecule has 1 aliphatic rings. The van der Waals surface area contributed by atoms with E-state index >= 15 is 0 Å². The first kappa shape index (κ1) is 11.4. The molecule has 1 aromatic rings. The minimum Gasteiger partial charge on any atom is -0.508 e. The maximum atomic E-state index is 9.72. The Hall–Kier alpha value is -1.06. The summed E-state index contributed by atoms with van der Waals surface area (Å²) in [5, 5.41) is 9.72. The van der Waals surface area contributed by atoms with E-state index < -0.39 is 0 Å². The van der Waals surface area contributed by atoms with Crippen LogP contribution in [0, 0.1) is 0 Å². The van der Waals surface area contributed by atoms with Gasteiger partial charge in [-0.1, -0.05) is 18.2 Å². The maximum Gasteiger partial charge on any atom is 0.120 e. The van der Waals surface area contributed by atoms with Crippen LogP contribution < -0.4 is 0 Å². The Balaban J connectivity index is 2.02. The van der Waals surface area contributed by atoms with Gasteiger partial charge in [-0.2, -0.15) is 0 Å². The fraction of sp³-hybridized carbons (Fsp3) is 0.538. The molecule has 2 unspecified atom stereocenters. The molecule has 1 aromatic carbocycles. The van der Waals surface area contributed by atoms with Gasteiger partial charge in [0.05, 0.1) is 12.2 Å². The highest BCUT2D eigenvalue weighted by molar-refractivity contribution is 5.31. The molecule has 0 radical (unpaired) electrons. The van der Waals surface area contributed by atoms with Gasteiger partial charge in [-0.25, -0.2) is 0 Å². The van der Waals surface area contributed by atoms with Crippen LogP contribution in [0.1, 0.15) is 19.4 Å². The number of aromatic hydroxyl groups is 1. The van der Waals surface area contributed by atoms with Crippen LogP contribution in [0.4, 0.5) is 0 Å². The number of ether oxygens (including phenoxy) is 1. The lowest BCUT2D eigenvalue weighted by Gasteiger charge is -2.35. The number of morpholine rings is 1. The summed E-state index contributed by atoms with van der Waals surface area (Å²) < 4.78 is 5.68. The summed E-state index contributed by atoms with van der Waals surface area (Å²) in [4.78, 5) is 2.33. The van der Waals surface area contributed by atoms with Crippen molar-refractivity contribution < 1.29 is 9.84 Å². The Morgan fingerprint density at radius 2 is 1.88 bits per heavy atom. The molecule has 1 N–H and O–H groups in total. The second kappa shape index (κ2) is 4.85. The predicted octanol–water partition coefficient (Wildman–Crippen LogP) is 2.00. The molecule has 0 aromatic heterocycles. The minimum atomic E-state index is 0.273. The summed E-state index contributed by atoms with van der Waals surface area (Å²) in [6, 6.07) is 7.52. The number of hydrogen-bond acceptors (Lipinski definition) is 3. The molecule has 88 valence electrons. The second-order valence-electron chi connectivity index (χ2n) is 4.58. The lowest BCUT2D eigenvalue weighted by Crippen LogP contribution is -2.44. The van der Waals surface area contributed by atoms with Gasteiger partial charge in [0.1, 0.15) is 5.75 Å². The molecule has 3 heteroatoms. The van der Waals surface area contributed by atoms with Gasteiger partial charge < -0.3 is 9.84 Å². The first-order chi connectivity index (χ1) is 7.65. The third kappa shape index (κ3) is 2.74. The fourth-order valence-corrected chi connectivity index (χ4v) is 2.30. The van der Waals surface area contributed by atoms with E-state index in [4.69, 9.17) is 4.74 Å². The van der Waals surface area contributed by atoms with Crippen molar-refractivity contribution in [3.05, 3.63) is 29.8 Å². The van der Waals surface area contributed by atoms with E-state index in [0.717, 1.165) is 25.2 Å². The Morgan fingerprint density at radius 1 is 1.25 bits per heavy atom. The van der Waals surface area contributed by atoms with E-state index in [1.54, 1.807) is 6.07 Å². The first-order valence-electron chi connectivity index (χ1n) is 5.80. The first-order valence-corrected chi connectivity index (χ1v) is 5.80. The van der Waals surface area contributed by atoms with Crippen molar-refractivity contribution in [3.63, 3.8) is 0 Å². The van der Waals surface area contributed by atoms with Gasteiger partial charge in [0.15, 0.2) is 0 Å². The molecule has 0 saturated carbocycles. The second-order valence-corrected chi connectivity index (χ2v) is 4.58. The van der Waals surface area contributed by atoms with Crippen molar-refractivity contribution in [2.75, 3.05) is 13.1 Å². The van der Waals surface area contributed by atoms with Crippen LogP contribution in [0.15, 0.2) is 24.3 Å². The normalized spacial score (nSPS) is 26.9. The maximum absolute atomic E-state index is 9.72. The van der Waals surface area contributed by atoms with Gasteiger partial charge in [0.25, 0.3) is 0 Å². The van der Waals surface area contributed by atoms with Crippen molar-refractivity contribution in [1.29, 1.82) is 0 Å². The monoisotopic (exact) mass is 221 g/mol. The third-order valence-corrected chi connectivity index (χ3v) is 2.88. The van der Waals surface area contributed by atoms with Crippen molar-refractivity contribution in [3.8, 4) is 5.75 Å². The third-order valence-electron chi connectivity index (χ3n) is 2.88. The molecule has 1 fully saturated rings.